The fourth-order valence-electron chi connectivity index (χ4n) is 2.46. The molecule has 0 bridgehead atoms. The molecule has 142 valence electrons. The number of hydrogen-bond acceptors (Lipinski definition) is 4. The van der Waals surface area contributed by atoms with Gasteiger partial charge in [-0.15, -0.1) is 0 Å². The molecule has 0 N–H and O–H groups in total. The zero-order valence-corrected chi connectivity index (χ0v) is 16.9. The standard InChI is InChI=1S/C21H29ClN2O2/c1-5-6-9-14-24(26-21(2,3)4)18-11-12-20(19(22)15-18)25-16-17-10-7-8-13-23-17/h7-8,10-13,15H,5-6,9,14,16H2,1-4H3. The Balaban J connectivity index is 2.08. The van der Waals surface area contributed by atoms with E-state index in [9.17, 15) is 0 Å². The van der Waals surface area contributed by atoms with E-state index in [0.717, 1.165) is 24.3 Å². The SMILES string of the molecule is CCCCCN(OC(C)(C)C)c1ccc(OCc2ccccn2)c(Cl)c1. The van der Waals surface area contributed by atoms with Gasteiger partial charge in [0.05, 0.1) is 22.0 Å². The summed E-state index contributed by atoms with van der Waals surface area (Å²) in [7, 11) is 0. The first-order valence-electron chi connectivity index (χ1n) is 9.18. The van der Waals surface area contributed by atoms with E-state index >= 15 is 0 Å². The van der Waals surface area contributed by atoms with Crippen molar-refractivity contribution in [1.29, 1.82) is 0 Å². The molecule has 0 aliphatic carbocycles. The van der Waals surface area contributed by atoms with Crippen LogP contribution in [-0.4, -0.2) is 17.1 Å². The third kappa shape index (κ3) is 6.85. The molecule has 26 heavy (non-hydrogen) atoms. The van der Waals surface area contributed by atoms with E-state index in [1.165, 1.54) is 12.8 Å². The monoisotopic (exact) mass is 376 g/mol. The Hall–Kier alpha value is -1.78. The minimum atomic E-state index is -0.271. The highest BCUT2D eigenvalue weighted by Crippen LogP contribution is 2.31. The summed E-state index contributed by atoms with van der Waals surface area (Å²) in [6.07, 6.45) is 5.16. The van der Waals surface area contributed by atoms with Crippen molar-refractivity contribution in [2.75, 3.05) is 11.6 Å². The molecule has 0 saturated carbocycles. The van der Waals surface area contributed by atoms with E-state index in [-0.39, 0.29) is 5.60 Å². The van der Waals surface area contributed by atoms with Crippen LogP contribution in [0.3, 0.4) is 0 Å². The van der Waals surface area contributed by atoms with E-state index in [2.05, 4.69) is 11.9 Å². The number of hydrogen-bond donors (Lipinski definition) is 0. The van der Waals surface area contributed by atoms with E-state index in [4.69, 9.17) is 21.2 Å². The Labute approximate surface area is 162 Å². The lowest BCUT2D eigenvalue weighted by atomic mass is 10.2. The van der Waals surface area contributed by atoms with Gasteiger partial charge < -0.3 is 4.74 Å². The van der Waals surface area contributed by atoms with Gasteiger partial charge in [0, 0.05) is 12.7 Å². The summed E-state index contributed by atoms with van der Waals surface area (Å²) in [4.78, 5) is 10.4. The number of halogens is 1. The van der Waals surface area contributed by atoms with E-state index < -0.39 is 0 Å². The van der Waals surface area contributed by atoms with E-state index in [1.807, 2.05) is 62.2 Å². The topological polar surface area (TPSA) is 34.6 Å². The summed E-state index contributed by atoms with van der Waals surface area (Å²) in [6, 6.07) is 11.5. The maximum absolute atomic E-state index is 6.44. The van der Waals surface area contributed by atoms with Crippen LogP contribution in [0.15, 0.2) is 42.6 Å². The minimum absolute atomic E-state index is 0.271. The molecule has 2 aromatic rings. The normalized spacial score (nSPS) is 11.4. The lowest BCUT2D eigenvalue weighted by Gasteiger charge is -2.31. The van der Waals surface area contributed by atoms with Crippen molar-refractivity contribution in [2.24, 2.45) is 0 Å². The molecule has 0 unspecified atom stereocenters. The summed E-state index contributed by atoms with van der Waals surface area (Å²) in [5.41, 5.74) is 1.53. The van der Waals surface area contributed by atoms with E-state index in [1.54, 1.807) is 6.20 Å². The van der Waals surface area contributed by atoms with Gasteiger partial charge in [-0.25, -0.2) is 0 Å². The molecule has 4 nitrogen and oxygen atoms in total. The fraction of sp³-hybridized carbons (Fsp3) is 0.476. The van der Waals surface area contributed by atoms with Crippen LogP contribution in [0.25, 0.3) is 0 Å². The van der Waals surface area contributed by atoms with Gasteiger partial charge in [-0.05, 0) is 57.5 Å². The number of nitrogens with zero attached hydrogens (tertiary/aromatic N) is 2. The molecule has 1 heterocycles. The lowest BCUT2D eigenvalue weighted by Crippen LogP contribution is -2.34. The Kier molecular flexibility index (Phi) is 7.73. The molecule has 1 aromatic carbocycles. The Morgan fingerprint density at radius 1 is 1.12 bits per heavy atom. The molecule has 1 aromatic heterocycles. The van der Waals surface area contributed by atoms with E-state index in [0.29, 0.717) is 17.4 Å². The zero-order chi connectivity index (χ0) is 19.0. The molecule has 0 aliphatic rings. The second-order valence-corrected chi connectivity index (χ2v) is 7.64. The van der Waals surface area contributed by atoms with Crippen molar-refractivity contribution < 1.29 is 9.57 Å². The minimum Gasteiger partial charge on any atom is -0.486 e. The molecule has 0 amide bonds. The summed E-state index contributed by atoms with van der Waals surface area (Å²) in [6.45, 7) is 9.55. The van der Waals surface area contributed by atoms with Gasteiger partial charge in [0.25, 0.3) is 0 Å². The number of unbranched alkanes of at least 4 members (excludes halogenated alkanes) is 2. The van der Waals surface area contributed by atoms with Gasteiger partial charge in [0.2, 0.25) is 0 Å². The van der Waals surface area contributed by atoms with Crippen molar-refractivity contribution in [3.63, 3.8) is 0 Å². The van der Waals surface area contributed by atoms with Crippen LogP contribution < -0.4 is 9.80 Å². The van der Waals surface area contributed by atoms with Crippen LogP contribution in [-0.2, 0) is 11.4 Å². The maximum atomic E-state index is 6.44. The first kappa shape index (κ1) is 20.5. The summed E-state index contributed by atoms with van der Waals surface area (Å²) < 4.78 is 5.80. The Morgan fingerprint density at radius 3 is 2.54 bits per heavy atom. The highest BCUT2D eigenvalue weighted by Gasteiger charge is 2.18. The Bertz CT molecular complexity index is 671. The number of hydroxylamine groups is 1. The van der Waals surface area contributed by atoms with Gasteiger partial charge in [0.15, 0.2) is 0 Å². The number of ether oxygens (including phenoxy) is 1. The van der Waals surface area contributed by atoms with Crippen molar-refractivity contribution >= 4 is 17.3 Å². The molecule has 0 spiro atoms. The third-order valence-corrected chi connectivity index (χ3v) is 3.95. The molecule has 0 saturated heterocycles. The number of benzene rings is 1. The second-order valence-electron chi connectivity index (χ2n) is 7.24. The van der Waals surface area contributed by atoms with Gasteiger partial charge in [0.1, 0.15) is 12.4 Å². The molecule has 0 aliphatic heterocycles. The summed E-state index contributed by atoms with van der Waals surface area (Å²) >= 11 is 6.44. The van der Waals surface area contributed by atoms with Crippen molar-refractivity contribution in [1.82, 2.24) is 4.98 Å². The number of aromatic nitrogens is 1. The van der Waals surface area contributed by atoms with Gasteiger partial charge >= 0.3 is 0 Å². The highest BCUT2D eigenvalue weighted by molar-refractivity contribution is 6.32. The van der Waals surface area contributed by atoms with Gasteiger partial charge in [-0.3, -0.25) is 14.9 Å². The van der Waals surface area contributed by atoms with Crippen LogP contribution in [0, 0.1) is 0 Å². The number of pyridine rings is 1. The number of anilines is 1. The predicted octanol–water partition coefficient (Wildman–Crippen LogP) is 6.04. The van der Waals surface area contributed by atoms with Gasteiger partial charge in [-0.2, -0.15) is 0 Å². The van der Waals surface area contributed by atoms with Crippen LogP contribution in [0.4, 0.5) is 5.69 Å². The van der Waals surface area contributed by atoms with Gasteiger partial charge in [-0.1, -0.05) is 37.4 Å². The number of rotatable bonds is 9. The largest absolute Gasteiger partial charge is 0.486 e. The molecular weight excluding hydrogens is 348 g/mol. The summed E-state index contributed by atoms with van der Waals surface area (Å²) in [5.74, 6) is 0.644. The smallest absolute Gasteiger partial charge is 0.138 e. The Morgan fingerprint density at radius 2 is 1.92 bits per heavy atom. The van der Waals surface area contributed by atoms with Crippen LogP contribution in [0.1, 0.15) is 52.7 Å². The first-order chi connectivity index (χ1) is 12.4. The van der Waals surface area contributed by atoms with Crippen LogP contribution in [0.5, 0.6) is 5.75 Å². The molecular formula is C21H29ClN2O2. The quantitative estimate of drug-likeness (QED) is 0.394. The average molecular weight is 377 g/mol. The second kappa shape index (κ2) is 9.79. The summed E-state index contributed by atoms with van der Waals surface area (Å²) in [5, 5.41) is 2.50. The maximum Gasteiger partial charge on any atom is 0.138 e. The first-order valence-corrected chi connectivity index (χ1v) is 9.56. The molecule has 0 atom stereocenters. The van der Waals surface area contributed by atoms with Crippen molar-refractivity contribution in [3.05, 3.63) is 53.3 Å². The molecule has 5 heteroatoms. The van der Waals surface area contributed by atoms with Crippen molar-refractivity contribution in [3.8, 4) is 5.75 Å². The lowest BCUT2D eigenvalue weighted by molar-refractivity contribution is -0.0215. The van der Waals surface area contributed by atoms with Crippen molar-refractivity contribution in [2.45, 2.75) is 59.2 Å². The molecule has 0 fully saturated rings. The predicted molar refractivity (Wildman–Crippen MR) is 108 cm³/mol. The molecule has 2 rings (SSSR count). The fourth-order valence-corrected chi connectivity index (χ4v) is 2.69. The molecule has 0 radical (unpaired) electrons. The average Bonchev–Trinajstić information content (AvgIpc) is 2.60. The zero-order valence-electron chi connectivity index (χ0n) is 16.2. The van der Waals surface area contributed by atoms with Crippen LogP contribution >= 0.6 is 11.6 Å². The third-order valence-electron chi connectivity index (χ3n) is 3.65. The van der Waals surface area contributed by atoms with Crippen LogP contribution in [0.2, 0.25) is 5.02 Å². The highest BCUT2D eigenvalue weighted by atomic mass is 35.5.